The molecule has 0 aliphatic heterocycles. The van der Waals surface area contributed by atoms with E-state index in [-0.39, 0.29) is 11.1 Å². The molecule has 28 heavy (non-hydrogen) atoms. The summed E-state index contributed by atoms with van der Waals surface area (Å²) in [5.74, 6) is -0.351. The summed E-state index contributed by atoms with van der Waals surface area (Å²) in [7, 11) is 0. The fourth-order valence-corrected chi connectivity index (χ4v) is 3.25. The van der Waals surface area contributed by atoms with Crippen molar-refractivity contribution in [3.63, 3.8) is 0 Å². The van der Waals surface area contributed by atoms with Crippen molar-refractivity contribution in [2.75, 3.05) is 5.32 Å². The number of carbonyl (C=O) groups excluding carboxylic acids is 1. The molecule has 5 nitrogen and oxygen atoms in total. The van der Waals surface area contributed by atoms with Gasteiger partial charge in [-0.1, -0.05) is 35.9 Å². The SMILES string of the molecule is Cc1cc(NC(=O)c2cccnc2Cl)ccc1-c1cc2ccccc2oc1=O. The van der Waals surface area contributed by atoms with E-state index in [1.54, 1.807) is 36.4 Å². The van der Waals surface area contributed by atoms with Crippen LogP contribution >= 0.6 is 11.6 Å². The number of nitrogens with one attached hydrogen (secondary N) is 1. The van der Waals surface area contributed by atoms with E-state index in [0.717, 1.165) is 16.5 Å². The van der Waals surface area contributed by atoms with Gasteiger partial charge >= 0.3 is 5.63 Å². The van der Waals surface area contributed by atoms with Gasteiger partial charge < -0.3 is 9.73 Å². The highest BCUT2D eigenvalue weighted by Gasteiger charge is 2.13. The summed E-state index contributed by atoms with van der Waals surface area (Å²) in [6.07, 6.45) is 1.52. The van der Waals surface area contributed by atoms with Crippen LogP contribution in [0.25, 0.3) is 22.1 Å². The minimum Gasteiger partial charge on any atom is -0.422 e. The number of fused-ring (bicyclic) bond motifs is 1. The molecule has 4 aromatic rings. The molecule has 1 N–H and O–H groups in total. The van der Waals surface area contributed by atoms with Crippen molar-refractivity contribution in [2.24, 2.45) is 0 Å². The topological polar surface area (TPSA) is 72.2 Å². The molecular weight excluding hydrogens is 376 g/mol. The molecule has 6 heteroatoms. The van der Waals surface area contributed by atoms with E-state index in [4.69, 9.17) is 16.0 Å². The Morgan fingerprint density at radius 1 is 1.04 bits per heavy atom. The minimum atomic E-state index is -0.402. The monoisotopic (exact) mass is 390 g/mol. The predicted molar refractivity (Wildman–Crippen MR) is 110 cm³/mol. The first-order valence-electron chi connectivity index (χ1n) is 8.59. The maximum atomic E-state index is 12.4. The molecule has 0 saturated heterocycles. The number of para-hydroxylation sites is 1. The van der Waals surface area contributed by atoms with Gasteiger partial charge in [0.2, 0.25) is 0 Å². The number of aromatic nitrogens is 1. The van der Waals surface area contributed by atoms with Crippen LogP contribution in [-0.4, -0.2) is 10.9 Å². The summed E-state index contributed by atoms with van der Waals surface area (Å²) in [4.78, 5) is 28.7. The number of halogens is 1. The second kappa shape index (κ2) is 7.29. The van der Waals surface area contributed by atoms with Crippen LogP contribution in [0.2, 0.25) is 5.15 Å². The fourth-order valence-electron chi connectivity index (χ4n) is 3.05. The highest BCUT2D eigenvalue weighted by molar-refractivity contribution is 6.33. The van der Waals surface area contributed by atoms with Gasteiger partial charge in [0.15, 0.2) is 0 Å². The van der Waals surface area contributed by atoms with Gasteiger partial charge in [0.1, 0.15) is 10.7 Å². The first kappa shape index (κ1) is 17.9. The quantitative estimate of drug-likeness (QED) is 0.391. The lowest BCUT2D eigenvalue weighted by Gasteiger charge is -2.10. The number of pyridine rings is 1. The molecule has 2 aromatic heterocycles. The van der Waals surface area contributed by atoms with Gasteiger partial charge in [-0.2, -0.15) is 0 Å². The maximum Gasteiger partial charge on any atom is 0.344 e. The van der Waals surface area contributed by atoms with Crippen LogP contribution in [0.5, 0.6) is 0 Å². The van der Waals surface area contributed by atoms with Crippen LogP contribution in [0.3, 0.4) is 0 Å². The lowest BCUT2D eigenvalue weighted by Crippen LogP contribution is -2.13. The maximum absolute atomic E-state index is 12.4. The van der Waals surface area contributed by atoms with Gasteiger partial charge in [-0.15, -0.1) is 0 Å². The molecule has 0 saturated carbocycles. The number of carbonyl (C=O) groups is 1. The molecular formula is C22H15ClN2O3. The van der Waals surface area contributed by atoms with Crippen molar-refractivity contribution in [1.82, 2.24) is 4.98 Å². The van der Waals surface area contributed by atoms with Crippen LogP contribution in [0, 0.1) is 6.92 Å². The number of rotatable bonds is 3. The normalized spacial score (nSPS) is 10.8. The van der Waals surface area contributed by atoms with E-state index in [9.17, 15) is 9.59 Å². The largest absolute Gasteiger partial charge is 0.422 e. The van der Waals surface area contributed by atoms with Gasteiger partial charge in [-0.25, -0.2) is 9.78 Å². The zero-order chi connectivity index (χ0) is 19.7. The third kappa shape index (κ3) is 3.40. The van der Waals surface area contributed by atoms with Crippen LogP contribution in [0.15, 0.2) is 76.1 Å². The minimum absolute atomic E-state index is 0.141. The second-order valence-corrected chi connectivity index (χ2v) is 6.67. The number of anilines is 1. The summed E-state index contributed by atoms with van der Waals surface area (Å²) in [5, 5.41) is 3.79. The van der Waals surface area contributed by atoms with Crippen molar-refractivity contribution in [3.8, 4) is 11.1 Å². The van der Waals surface area contributed by atoms with E-state index >= 15 is 0 Å². The number of benzene rings is 2. The summed E-state index contributed by atoms with van der Waals surface area (Å²) < 4.78 is 5.42. The highest BCUT2D eigenvalue weighted by Crippen LogP contribution is 2.26. The van der Waals surface area contributed by atoms with Gasteiger partial charge in [0.25, 0.3) is 5.91 Å². The number of amides is 1. The Bertz CT molecular complexity index is 1260. The van der Waals surface area contributed by atoms with Gasteiger partial charge in [-0.3, -0.25) is 4.79 Å². The van der Waals surface area contributed by atoms with E-state index in [0.29, 0.717) is 22.4 Å². The number of aryl methyl sites for hydroxylation is 1. The summed E-state index contributed by atoms with van der Waals surface area (Å²) in [6, 6.07) is 17.8. The van der Waals surface area contributed by atoms with E-state index in [1.807, 2.05) is 31.2 Å². The molecule has 0 atom stereocenters. The Balaban J connectivity index is 1.67. The lowest BCUT2D eigenvalue weighted by atomic mass is 10.0. The average molecular weight is 391 g/mol. The Morgan fingerprint density at radius 2 is 1.86 bits per heavy atom. The lowest BCUT2D eigenvalue weighted by molar-refractivity contribution is 0.102. The zero-order valence-electron chi connectivity index (χ0n) is 14.9. The van der Waals surface area contributed by atoms with E-state index < -0.39 is 5.63 Å². The molecule has 0 fully saturated rings. The molecule has 0 unspecified atom stereocenters. The number of hydrogen-bond acceptors (Lipinski definition) is 4. The molecule has 0 spiro atoms. The van der Waals surface area contributed by atoms with Crippen molar-refractivity contribution < 1.29 is 9.21 Å². The molecule has 4 rings (SSSR count). The molecule has 2 heterocycles. The van der Waals surface area contributed by atoms with Crippen LogP contribution in [-0.2, 0) is 0 Å². The molecule has 138 valence electrons. The third-order valence-electron chi connectivity index (χ3n) is 4.42. The zero-order valence-corrected chi connectivity index (χ0v) is 15.7. The van der Waals surface area contributed by atoms with Crippen LogP contribution in [0.4, 0.5) is 5.69 Å². The van der Waals surface area contributed by atoms with Crippen molar-refractivity contribution >= 4 is 34.2 Å². The molecule has 2 aromatic carbocycles. The summed E-state index contributed by atoms with van der Waals surface area (Å²) in [6.45, 7) is 1.87. The van der Waals surface area contributed by atoms with Crippen molar-refractivity contribution in [1.29, 1.82) is 0 Å². The Labute approximate surface area is 165 Å². The summed E-state index contributed by atoms with van der Waals surface area (Å²) >= 11 is 5.97. The standard InChI is InChI=1S/C22H15ClN2O3/c1-13-11-15(25-21(26)17-6-4-10-24-20(17)23)8-9-16(13)18-12-14-5-2-3-7-19(14)28-22(18)27/h2-12H,1H3,(H,25,26). The molecule has 0 aliphatic carbocycles. The second-order valence-electron chi connectivity index (χ2n) is 6.31. The fraction of sp³-hybridized carbons (Fsp3) is 0.0455. The average Bonchev–Trinajstić information content (AvgIpc) is 2.68. The van der Waals surface area contributed by atoms with Gasteiger partial charge in [0.05, 0.1) is 11.1 Å². The smallest absolute Gasteiger partial charge is 0.344 e. The van der Waals surface area contributed by atoms with Crippen molar-refractivity contribution in [3.05, 3.63) is 93.6 Å². The number of nitrogens with zero attached hydrogens (tertiary/aromatic N) is 1. The number of hydrogen-bond donors (Lipinski definition) is 1. The van der Waals surface area contributed by atoms with Gasteiger partial charge in [-0.05, 0) is 54.4 Å². The van der Waals surface area contributed by atoms with Gasteiger partial charge in [0, 0.05) is 17.3 Å². The Morgan fingerprint density at radius 3 is 2.64 bits per heavy atom. The van der Waals surface area contributed by atoms with E-state index in [1.165, 1.54) is 6.20 Å². The highest BCUT2D eigenvalue weighted by atomic mass is 35.5. The van der Waals surface area contributed by atoms with Crippen molar-refractivity contribution in [2.45, 2.75) is 6.92 Å². The molecule has 1 amide bonds. The molecule has 0 radical (unpaired) electrons. The summed E-state index contributed by atoms with van der Waals surface area (Å²) in [5.41, 5.74) is 3.09. The first-order valence-corrected chi connectivity index (χ1v) is 8.96. The predicted octanol–water partition coefficient (Wildman–Crippen LogP) is 5.07. The third-order valence-corrected chi connectivity index (χ3v) is 4.72. The van der Waals surface area contributed by atoms with Crippen LogP contribution < -0.4 is 10.9 Å². The van der Waals surface area contributed by atoms with E-state index in [2.05, 4.69) is 10.3 Å². The van der Waals surface area contributed by atoms with Crippen LogP contribution in [0.1, 0.15) is 15.9 Å². The first-order chi connectivity index (χ1) is 13.5. The Kier molecular flexibility index (Phi) is 4.67. The molecule has 0 aliphatic rings. The Hall–Kier alpha value is -3.44. The molecule has 0 bridgehead atoms.